The first-order valence-electron chi connectivity index (χ1n) is 3.64. The van der Waals surface area contributed by atoms with Crippen LogP contribution in [0.4, 0.5) is 0 Å². The maximum absolute atomic E-state index is 5.96. The molecule has 4 heteroatoms. The topological polar surface area (TPSA) is 9.23 Å². The molecule has 13 heavy (non-hydrogen) atoms. The van der Waals surface area contributed by atoms with Gasteiger partial charge in [0.15, 0.2) is 5.06 Å². The summed E-state index contributed by atoms with van der Waals surface area (Å²) >= 11 is 11.0. The monoisotopic (exact) mass is 276 g/mol. The van der Waals surface area contributed by atoms with Gasteiger partial charge in [0.05, 0.1) is 12.1 Å². The molecule has 2 rings (SSSR count). The maximum Gasteiger partial charge on any atom is 0.174 e. The van der Waals surface area contributed by atoms with Crippen LogP contribution in [-0.4, -0.2) is 7.11 Å². The van der Waals surface area contributed by atoms with Crippen molar-refractivity contribution in [2.45, 2.75) is 0 Å². The van der Waals surface area contributed by atoms with Gasteiger partial charge in [-0.3, -0.25) is 0 Å². The van der Waals surface area contributed by atoms with E-state index in [-0.39, 0.29) is 0 Å². The van der Waals surface area contributed by atoms with E-state index in [1.165, 1.54) is 4.70 Å². The highest BCUT2D eigenvalue weighted by Gasteiger charge is 2.07. The van der Waals surface area contributed by atoms with Crippen LogP contribution in [0.2, 0.25) is 5.02 Å². The Balaban J connectivity index is 2.76. The van der Waals surface area contributed by atoms with Crippen molar-refractivity contribution >= 4 is 49.0 Å². The minimum absolute atomic E-state index is 0.730. The molecule has 0 aliphatic rings. The number of fused-ring (bicyclic) bond motifs is 1. The van der Waals surface area contributed by atoms with E-state index >= 15 is 0 Å². The molecule has 0 saturated carbocycles. The van der Waals surface area contributed by atoms with Gasteiger partial charge in [-0.2, -0.15) is 0 Å². The number of hydrogen-bond acceptors (Lipinski definition) is 2. The van der Waals surface area contributed by atoms with Crippen molar-refractivity contribution in [3.63, 3.8) is 0 Å². The lowest BCUT2D eigenvalue weighted by molar-refractivity contribution is 0.427. The van der Waals surface area contributed by atoms with E-state index in [0.717, 1.165) is 19.9 Å². The van der Waals surface area contributed by atoms with E-state index in [2.05, 4.69) is 15.9 Å². The highest BCUT2D eigenvalue weighted by molar-refractivity contribution is 9.10. The van der Waals surface area contributed by atoms with Gasteiger partial charge in [-0.25, -0.2) is 0 Å². The predicted molar refractivity (Wildman–Crippen MR) is 61.1 cm³/mol. The Morgan fingerprint density at radius 3 is 2.92 bits per heavy atom. The number of rotatable bonds is 1. The normalized spacial score (nSPS) is 10.7. The van der Waals surface area contributed by atoms with Gasteiger partial charge in [-0.1, -0.05) is 22.9 Å². The number of halogens is 2. The van der Waals surface area contributed by atoms with Crippen LogP contribution in [0.1, 0.15) is 0 Å². The molecule has 2 aromatic rings. The van der Waals surface area contributed by atoms with E-state index in [1.54, 1.807) is 18.4 Å². The fourth-order valence-corrected chi connectivity index (χ4v) is 2.77. The quantitative estimate of drug-likeness (QED) is 0.754. The van der Waals surface area contributed by atoms with E-state index < -0.39 is 0 Å². The summed E-state index contributed by atoms with van der Waals surface area (Å²) in [6.07, 6.45) is 0. The average Bonchev–Trinajstić information content (AvgIpc) is 2.55. The van der Waals surface area contributed by atoms with E-state index in [4.69, 9.17) is 16.3 Å². The summed E-state index contributed by atoms with van der Waals surface area (Å²) in [6, 6.07) is 5.86. The number of benzene rings is 1. The molecule has 0 spiro atoms. The van der Waals surface area contributed by atoms with Crippen LogP contribution in [0.3, 0.4) is 0 Å². The smallest absolute Gasteiger partial charge is 0.174 e. The third-order valence-corrected chi connectivity index (χ3v) is 4.23. The summed E-state index contributed by atoms with van der Waals surface area (Å²) in [7, 11) is 1.67. The molecule has 0 bridgehead atoms. The molecule has 0 unspecified atom stereocenters. The Bertz CT molecular complexity index is 452. The first-order valence-corrected chi connectivity index (χ1v) is 5.62. The van der Waals surface area contributed by atoms with Gasteiger partial charge in [0.1, 0.15) is 0 Å². The molecule has 0 aliphatic heterocycles. The SMILES string of the molecule is COc1cc2c(Br)c(Cl)ccc2s1. The number of ether oxygens (including phenoxy) is 1. The molecule has 0 radical (unpaired) electrons. The fourth-order valence-electron chi connectivity index (χ4n) is 1.13. The van der Waals surface area contributed by atoms with Gasteiger partial charge in [-0.05, 0) is 28.1 Å². The minimum Gasteiger partial charge on any atom is -0.487 e. The molecule has 1 aromatic heterocycles. The van der Waals surface area contributed by atoms with Crippen LogP contribution in [0.25, 0.3) is 10.1 Å². The summed E-state index contributed by atoms with van der Waals surface area (Å²) in [4.78, 5) is 0. The Hall–Kier alpha value is -0.250. The van der Waals surface area contributed by atoms with Crippen LogP contribution < -0.4 is 4.74 Å². The molecular formula is C9H6BrClOS. The van der Waals surface area contributed by atoms with Crippen LogP contribution in [0.15, 0.2) is 22.7 Å². The second kappa shape index (κ2) is 3.48. The lowest BCUT2D eigenvalue weighted by Crippen LogP contribution is -1.73. The van der Waals surface area contributed by atoms with Crippen LogP contribution in [-0.2, 0) is 0 Å². The molecular weight excluding hydrogens is 272 g/mol. The number of hydrogen-bond donors (Lipinski definition) is 0. The first kappa shape index (κ1) is 9.31. The van der Waals surface area contributed by atoms with Gasteiger partial charge >= 0.3 is 0 Å². The van der Waals surface area contributed by atoms with Crippen molar-refractivity contribution in [2.75, 3.05) is 7.11 Å². The summed E-state index contributed by atoms with van der Waals surface area (Å²) in [5.41, 5.74) is 0. The average molecular weight is 278 g/mol. The predicted octanol–water partition coefficient (Wildman–Crippen LogP) is 4.33. The molecule has 0 amide bonds. The zero-order chi connectivity index (χ0) is 9.42. The molecule has 0 saturated heterocycles. The first-order chi connectivity index (χ1) is 6.22. The number of methoxy groups -OCH3 is 1. The third-order valence-electron chi connectivity index (χ3n) is 1.77. The summed E-state index contributed by atoms with van der Waals surface area (Å²) < 4.78 is 7.26. The fraction of sp³-hybridized carbons (Fsp3) is 0.111. The van der Waals surface area contributed by atoms with Gasteiger partial charge < -0.3 is 4.74 Å². The van der Waals surface area contributed by atoms with Crippen LogP contribution >= 0.6 is 38.9 Å². The van der Waals surface area contributed by atoms with Gasteiger partial charge in [0.25, 0.3) is 0 Å². The summed E-state index contributed by atoms with van der Waals surface area (Å²) in [5, 5.41) is 2.74. The highest BCUT2D eigenvalue weighted by atomic mass is 79.9. The van der Waals surface area contributed by atoms with Crippen LogP contribution in [0, 0.1) is 0 Å². The van der Waals surface area contributed by atoms with Crippen molar-refractivity contribution in [1.82, 2.24) is 0 Å². The lowest BCUT2D eigenvalue weighted by Gasteiger charge is -1.95. The Morgan fingerprint density at radius 1 is 1.46 bits per heavy atom. The molecule has 1 aromatic carbocycles. The zero-order valence-corrected chi connectivity index (χ0v) is 9.96. The van der Waals surface area contributed by atoms with Crippen LogP contribution in [0.5, 0.6) is 5.06 Å². The second-order valence-corrected chi connectivity index (χ2v) is 4.79. The van der Waals surface area contributed by atoms with Crippen molar-refractivity contribution in [3.05, 3.63) is 27.7 Å². The van der Waals surface area contributed by atoms with E-state index in [1.807, 2.05) is 18.2 Å². The number of thiophene rings is 1. The zero-order valence-electron chi connectivity index (χ0n) is 6.80. The lowest BCUT2D eigenvalue weighted by atomic mass is 10.3. The highest BCUT2D eigenvalue weighted by Crippen LogP contribution is 2.38. The second-order valence-electron chi connectivity index (χ2n) is 2.54. The molecule has 0 fully saturated rings. The minimum atomic E-state index is 0.730. The maximum atomic E-state index is 5.96. The van der Waals surface area contributed by atoms with E-state index in [0.29, 0.717) is 0 Å². The van der Waals surface area contributed by atoms with Crippen molar-refractivity contribution < 1.29 is 4.74 Å². The van der Waals surface area contributed by atoms with Gasteiger partial charge in [0.2, 0.25) is 0 Å². The molecule has 0 N–H and O–H groups in total. The molecule has 1 heterocycles. The van der Waals surface area contributed by atoms with Crippen molar-refractivity contribution in [3.8, 4) is 5.06 Å². The van der Waals surface area contributed by atoms with Crippen molar-refractivity contribution in [1.29, 1.82) is 0 Å². The van der Waals surface area contributed by atoms with E-state index in [9.17, 15) is 0 Å². The standard InChI is InChI=1S/C9H6BrClOS/c1-12-8-4-5-7(13-8)3-2-6(11)9(5)10/h2-4H,1H3. The van der Waals surface area contributed by atoms with Gasteiger partial charge in [-0.15, -0.1) is 0 Å². The molecule has 1 nitrogen and oxygen atoms in total. The summed E-state index contributed by atoms with van der Waals surface area (Å²) in [5.74, 6) is 0. The molecule has 0 atom stereocenters. The Morgan fingerprint density at radius 2 is 2.23 bits per heavy atom. The molecule has 68 valence electrons. The van der Waals surface area contributed by atoms with Gasteiger partial charge in [0, 0.05) is 20.6 Å². The largest absolute Gasteiger partial charge is 0.487 e. The summed E-state index contributed by atoms with van der Waals surface area (Å²) in [6.45, 7) is 0. The van der Waals surface area contributed by atoms with Crippen molar-refractivity contribution in [2.24, 2.45) is 0 Å². The Kier molecular flexibility index (Phi) is 2.49. The molecule has 0 aliphatic carbocycles. The Labute approximate surface area is 93.4 Å². The third kappa shape index (κ3) is 1.56.